The van der Waals surface area contributed by atoms with Crippen molar-refractivity contribution in [3.63, 3.8) is 0 Å². The number of nitrogens with zero attached hydrogens (tertiary/aromatic N) is 2. The highest BCUT2D eigenvalue weighted by Crippen LogP contribution is 2.43. The average molecular weight is 414 g/mol. The van der Waals surface area contributed by atoms with Crippen LogP contribution in [-0.4, -0.2) is 10.3 Å². The Morgan fingerprint density at radius 1 is 0.719 bits per heavy atom. The molecule has 0 amide bonds. The molecule has 0 aliphatic heterocycles. The van der Waals surface area contributed by atoms with Crippen LogP contribution in [0.2, 0.25) is 0 Å². The maximum absolute atomic E-state index is 4.93. The molecule has 6 rings (SSSR count). The molecular formula is C29H23N3. The molecule has 0 fully saturated rings. The van der Waals surface area contributed by atoms with E-state index in [2.05, 4.69) is 120 Å². The molecule has 5 aromatic rings. The average Bonchev–Trinajstić information content (AvgIpc) is 3.33. The van der Waals surface area contributed by atoms with Crippen LogP contribution in [0.3, 0.4) is 0 Å². The number of aryl methyl sites for hydroxylation is 1. The van der Waals surface area contributed by atoms with Gasteiger partial charge in [-0.2, -0.15) is 5.10 Å². The van der Waals surface area contributed by atoms with Gasteiger partial charge in [-0.05, 0) is 30.7 Å². The molecule has 32 heavy (non-hydrogen) atoms. The van der Waals surface area contributed by atoms with Crippen LogP contribution in [0, 0.1) is 6.92 Å². The van der Waals surface area contributed by atoms with E-state index in [1.807, 2.05) is 0 Å². The normalized spacial score (nSPS) is 13.3. The third-order valence-corrected chi connectivity index (χ3v) is 6.18. The lowest BCUT2D eigenvalue weighted by Crippen LogP contribution is -2.02. The van der Waals surface area contributed by atoms with Crippen LogP contribution in [0.5, 0.6) is 0 Å². The van der Waals surface area contributed by atoms with Crippen molar-refractivity contribution in [2.75, 3.05) is 5.43 Å². The van der Waals surface area contributed by atoms with Crippen LogP contribution in [0.4, 0.5) is 5.69 Å². The Morgan fingerprint density at radius 2 is 1.41 bits per heavy atom. The van der Waals surface area contributed by atoms with Gasteiger partial charge in [-0.25, -0.2) is 0 Å². The Labute approximate surface area is 187 Å². The fraction of sp³-hybridized carbons (Fsp3) is 0.0690. The first-order valence-electron chi connectivity index (χ1n) is 11.0. The summed E-state index contributed by atoms with van der Waals surface area (Å²) in [6.45, 7) is 2.92. The molecule has 0 unspecified atom stereocenters. The van der Waals surface area contributed by atoms with Crippen molar-refractivity contribution in [3.05, 3.63) is 125 Å². The first-order valence-corrected chi connectivity index (χ1v) is 11.0. The van der Waals surface area contributed by atoms with Gasteiger partial charge in [0.15, 0.2) is 0 Å². The second-order valence-corrected chi connectivity index (χ2v) is 8.30. The zero-order chi connectivity index (χ0) is 21.5. The summed E-state index contributed by atoms with van der Waals surface area (Å²) in [5.74, 6) is 0. The first kappa shape index (κ1) is 18.6. The largest absolute Gasteiger partial charge is 0.335 e. The predicted octanol–water partition coefficient (Wildman–Crippen LogP) is 6.84. The summed E-state index contributed by atoms with van der Waals surface area (Å²) in [6, 6.07) is 36.2. The highest BCUT2D eigenvalue weighted by atomic mass is 15.3. The van der Waals surface area contributed by atoms with Gasteiger partial charge in [0, 0.05) is 34.1 Å². The van der Waals surface area contributed by atoms with Gasteiger partial charge in [0.25, 0.3) is 0 Å². The number of fused-ring (bicyclic) bond motifs is 5. The van der Waals surface area contributed by atoms with E-state index < -0.39 is 0 Å². The fourth-order valence-electron chi connectivity index (χ4n) is 4.65. The predicted molar refractivity (Wildman–Crippen MR) is 133 cm³/mol. The van der Waals surface area contributed by atoms with Gasteiger partial charge in [-0.1, -0.05) is 90.5 Å². The van der Waals surface area contributed by atoms with Crippen LogP contribution in [0.1, 0.15) is 22.3 Å². The lowest BCUT2D eigenvalue weighted by atomic mass is 10.1. The highest BCUT2D eigenvalue weighted by Gasteiger charge is 2.31. The Kier molecular flexibility index (Phi) is 4.39. The monoisotopic (exact) mass is 413 g/mol. The van der Waals surface area contributed by atoms with Crippen molar-refractivity contribution in [3.8, 4) is 11.3 Å². The molecule has 0 atom stereocenters. The first-order chi connectivity index (χ1) is 15.8. The van der Waals surface area contributed by atoms with Crippen molar-refractivity contribution in [1.29, 1.82) is 0 Å². The van der Waals surface area contributed by atoms with Gasteiger partial charge in [-0.15, -0.1) is 0 Å². The molecule has 0 bridgehead atoms. The van der Waals surface area contributed by atoms with Gasteiger partial charge >= 0.3 is 0 Å². The number of benzene rings is 4. The molecule has 1 heterocycles. The molecule has 154 valence electrons. The number of hydrogen-bond acceptors (Lipinski definition) is 2. The van der Waals surface area contributed by atoms with Crippen LogP contribution in [-0.2, 0) is 6.54 Å². The van der Waals surface area contributed by atoms with E-state index in [1.54, 1.807) is 0 Å². The molecule has 1 aliphatic carbocycles. The molecule has 4 aromatic carbocycles. The summed E-state index contributed by atoms with van der Waals surface area (Å²) in [5, 5.41) is 6.16. The van der Waals surface area contributed by atoms with Gasteiger partial charge < -0.3 is 4.57 Å². The van der Waals surface area contributed by atoms with Gasteiger partial charge in [-0.3, -0.25) is 5.43 Å². The van der Waals surface area contributed by atoms with E-state index in [9.17, 15) is 0 Å². The Morgan fingerprint density at radius 3 is 2.22 bits per heavy atom. The SMILES string of the molecule is Cc1ccc(N/N=C2\c3ccccc3-c3c2c2ccccc2n3Cc2ccccc2)cc1. The standard InChI is InChI=1S/C29H23N3/c1-20-15-17-22(18-16-20)30-31-28-23-11-5-6-12-24(23)29-27(28)25-13-7-8-14-26(25)32(29)19-21-9-3-2-4-10-21/h2-18,30H,19H2,1H3/b31-28+. The molecule has 1 aromatic heterocycles. The van der Waals surface area contributed by atoms with Crippen molar-refractivity contribution in [2.24, 2.45) is 5.10 Å². The maximum Gasteiger partial charge on any atom is 0.101 e. The number of anilines is 1. The summed E-state index contributed by atoms with van der Waals surface area (Å²) >= 11 is 0. The molecule has 0 spiro atoms. The third kappa shape index (κ3) is 3.02. The Bertz CT molecular complexity index is 1460. The van der Waals surface area contributed by atoms with Gasteiger partial charge in [0.05, 0.1) is 11.4 Å². The summed E-state index contributed by atoms with van der Waals surface area (Å²) in [4.78, 5) is 0. The summed E-state index contributed by atoms with van der Waals surface area (Å²) in [6.07, 6.45) is 0. The van der Waals surface area contributed by atoms with E-state index in [-0.39, 0.29) is 0 Å². The van der Waals surface area contributed by atoms with E-state index in [4.69, 9.17) is 5.10 Å². The minimum Gasteiger partial charge on any atom is -0.335 e. The Balaban J connectivity index is 1.56. The second kappa shape index (κ2) is 7.54. The van der Waals surface area contributed by atoms with Crippen molar-refractivity contribution < 1.29 is 0 Å². The number of hydrogen-bond donors (Lipinski definition) is 1. The zero-order valence-corrected chi connectivity index (χ0v) is 17.9. The van der Waals surface area contributed by atoms with Crippen LogP contribution >= 0.6 is 0 Å². The molecule has 3 heteroatoms. The zero-order valence-electron chi connectivity index (χ0n) is 17.9. The van der Waals surface area contributed by atoms with Crippen LogP contribution in [0.15, 0.2) is 108 Å². The van der Waals surface area contributed by atoms with Crippen molar-refractivity contribution in [1.82, 2.24) is 4.57 Å². The van der Waals surface area contributed by atoms with Crippen molar-refractivity contribution >= 4 is 22.3 Å². The maximum atomic E-state index is 4.93. The molecule has 3 nitrogen and oxygen atoms in total. The molecular weight excluding hydrogens is 390 g/mol. The molecule has 0 saturated carbocycles. The number of aromatic nitrogens is 1. The Hall–Kier alpha value is -4.11. The summed E-state index contributed by atoms with van der Waals surface area (Å²) in [7, 11) is 0. The highest BCUT2D eigenvalue weighted by molar-refractivity contribution is 6.30. The van der Waals surface area contributed by atoms with E-state index in [0.29, 0.717) is 0 Å². The summed E-state index contributed by atoms with van der Waals surface area (Å²) < 4.78 is 2.44. The quantitative estimate of drug-likeness (QED) is 0.315. The van der Waals surface area contributed by atoms with Crippen molar-refractivity contribution in [2.45, 2.75) is 13.5 Å². The van der Waals surface area contributed by atoms with Gasteiger partial charge in [0.2, 0.25) is 0 Å². The smallest absolute Gasteiger partial charge is 0.101 e. The van der Waals surface area contributed by atoms with E-state index in [1.165, 1.54) is 44.4 Å². The number of nitrogens with one attached hydrogen (secondary N) is 1. The molecule has 1 N–H and O–H groups in total. The fourth-order valence-corrected chi connectivity index (χ4v) is 4.65. The van der Waals surface area contributed by atoms with E-state index >= 15 is 0 Å². The number of rotatable bonds is 4. The topological polar surface area (TPSA) is 29.3 Å². The number of para-hydroxylation sites is 1. The second-order valence-electron chi connectivity index (χ2n) is 8.30. The van der Waals surface area contributed by atoms with Crippen LogP contribution < -0.4 is 5.43 Å². The van der Waals surface area contributed by atoms with Crippen LogP contribution in [0.25, 0.3) is 22.2 Å². The third-order valence-electron chi connectivity index (χ3n) is 6.18. The van der Waals surface area contributed by atoms with Gasteiger partial charge in [0.1, 0.15) is 5.71 Å². The lowest BCUT2D eigenvalue weighted by Gasteiger charge is -2.11. The van der Waals surface area contributed by atoms with E-state index in [0.717, 1.165) is 17.9 Å². The minimum absolute atomic E-state index is 0.823. The molecule has 0 radical (unpaired) electrons. The number of hydrazone groups is 1. The summed E-state index contributed by atoms with van der Waals surface area (Å²) in [5.41, 5.74) is 13.9. The molecule has 1 aliphatic rings. The molecule has 0 saturated heterocycles. The lowest BCUT2D eigenvalue weighted by molar-refractivity contribution is 0.845. The minimum atomic E-state index is 0.823.